The third kappa shape index (κ3) is 5.75. The van der Waals surface area contributed by atoms with E-state index in [1.54, 1.807) is 14.2 Å². The van der Waals surface area contributed by atoms with Crippen molar-refractivity contribution in [2.45, 2.75) is 63.2 Å². The molecule has 1 saturated heterocycles. The number of fused-ring (bicyclic) bond motifs is 2. The first-order valence-corrected chi connectivity index (χ1v) is 19.8. The normalized spacial score (nSPS) is 22.5. The SMILES string of the molecule is COc1ccc([Si](C)(C)[C@H]2[C@H](CCn3cc(CCO)nn3)O[C@@]3(C(=O)N(Cc4ccc(I)cc4)c4ccc(OC)cc43)[C@@H]2C)cc1. The predicted octanol–water partition coefficient (Wildman–Crippen LogP) is 5.29. The van der Waals surface area contributed by atoms with E-state index in [9.17, 15) is 9.90 Å². The van der Waals surface area contributed by atoms with Crippen LogP contribution in [0.5, 0.6) is 11.5 Å². The summed E-state index contributed by atoms with van der Waals surface area (Å²) in [5, 5.41) is 19.2. The molecule has 4 aromatic rings. The van der Waals surface area contributed by atoms with Crippen LogP contribution in [0.15, 0.2) is 72.9 Å². The molecule has 242 valence electrons. The van der Waals surface area contributed by atoms with Gasteiger partial charge in [-0.25, -0.2) is 0 Å². The van der Waals surface area contributed by atoms with Gasteiger partial charge in [-0.05, 0) is 82.6 Å². The third-order valence-corrected chi connectivity index (χ3v) is 15.0. The molecule has 1 N–H and O–H groups in total. The molecule has 1 aromatic heterocycles. The number of aliphatic hydroxyl groups is 1. The highest BCUT2D eigenvalue weighted by Crippen LogP contribution is 2.60. The Bertz CT molecular complexity index is 1700. The molecule has 2 aliphatic rings. The van der Waals surface area contributed by atoms with E-state index in [1.165, 1.54) is 5.19 Å². The molecule has 0 aliphatic carbocycles. The lowest BCUT2D eigenvalue weighted by atomic mass is 9.82. The second-order valence-corrected chi connectivity index (χ2v) is 18.7. The molecule has 3 heterocycles. The fourth-order valence-corrected chi connectivity index (χ4v) is 12.0. The van der Waals surface area contributed by atoms with Crippen molar-refractivity contribution in [3.63, 3.8) is 0 Å². The molecule has 0 radical (unpaired) electrons. The van der Waals surface area contributed by atoms with Crippen molar-refractivity contribution < 1.29 is 24.1 Å². The first-order valence-electron chi connectivity index (χ1n) is 15.7. The van der Waals surface area contributed by atoms with E-state index in [2.05, 4.69) is 89.3 Å². The molecule has 9 nitrogen and oxygen atoms in total. The molecule has 1 amide bonds. The van der Waals surface area contributed by atoms with Crippen LogP contribution in [0, 0.1) is 9.49 Å². The number of halogens is 1. The third-order valence-electron chi connectivity index (χ3n) is 9.89. The Balaban J connectivity index is 1.43. The Morgan fingerprint density at radius 3 is 2.39 bits per heavy atom. The summed E-state index contributed by atoms with van der Waals surface area (Å²) in [7, 11) is 1.05. The van der Waals surface area contributed by atoms with Crippen LogP contribution in [-0.2, 0) is 34.6 Å². The minimum absolute atomic E-state index is 0.0257. The van der Waals surface area contributed by atoms with Gasteiger partial charge in [-0.2, -0.15) is 0 Å². The zero-order chi connectivity index (χ0) is 32.6. The van der Waals surface area contributed by atoms with Crippen molar-refractivity contribution in [2.24, 2.45) is 5.92 Å². The molecule has 0 saturated carbocycles. The van der Waals surface area contributed by atoms with E-state index < -0.39 is 13.7 Å². The Labute approximate surface area is 285 Å². The molecule has 1 spiro atoms. The van der Waals surface area contributed by atoms with Crippen LogP contribution < -0.4 is 19.6 Å². The average molecular weight is 753 g/mol. The maximum absolute atomic E-state index is 15.0. The highest BCUT2D eigenvalue weighted by Gasteiger charge is 2.66. The topological polar surface area (TPSA) is 98.9 Å². The fraction of sp³-hybridized carbons (Fsp3) is 0.400. The van der Waals surface area contributed by atoms with Gasteiger partial charge in [0.2, 0.25) is 0 Å². The lowest BCUT2D eigenvalue weighted by Gasteiger charge is -2.37. The Hall–Kier alpha value is -3.26. The number of aryl methyl sites for hydroxylation is 1. The predicted molar refractivity (Wildman–Crippen MR) is 188 cm³/mol. The minimum Gasteiger partial charge on any atom is -0.497 e. The molecule has 3 aromatic carbocycles. The van der Waals surface area contributed by atoms with Crippen molar-refractivity contribution in [3.8, 4) is 11.5 Å². The van der Waals surface area contributed by atoms with Gasteiger partial charge < -0.3 is 24.2 Å². The summed E-state index contributed by atoms with van der Waals surface area (Å²) in [6, 6.07) is 22.6. The summed E-state index contributed by atoms with van der Waals surface area (Å²) in [5.41, 5.74) is 2.48. The van der Waals surface area contributed by atoms with Crippen LogP contribution in [0.4, 0.5) is 5.69 Å². The highest BCUT2D eigenvalue weighted by molar-refractivity contribution is 14.1. The van der Waals surface area contributed by atoms with Gasteiger partial charge in [0.15, 0.2) is 5.60 Å². The van der Waals surface area contributed by atoms with Gasteiger partial charge in [0.25, 0.3) is 5.91 Å². The molecular weight excluding hydrogens is 711 g/mol. The number of hydrogen-bond acceptors (Lipinski definition) is 7. The average Bonchev–Trinajstić information content (AvgIpc) is 3.71. The highest BCUT2D eigenvalue weighted by atomic mass is 127. The lowest BCUT2D eigenvalue weighted by molar-refractivity contribution is -0.146. The summed E-state index contributed by atoms with van der Waals surface area (Å²) in [5.74, 6) is 1.37. The smallest absolute Gasteiger partial charge is 0.264 e. The van der Waals surface area contributed by atoms with E-state index in [4.69, 9.17) is 14.2 Å². The molecule has 11 heteroatoms. The van der Waals surface area contributed by atoms with Gasteiger partial charge in [-0.1, -0.05) is 54.7 Å². The standard InChI is InChI=1S/C35H41IN4O5Si/c1-23-33(46(4,5)29-13-10-27(43-2)11-14-29)32(16-18-39-22-26(17-19-41)37-38-39)45-35(23)30-20-28(44-3)12-15-31(30)40(34(35)42)21-24-6-8-25(36)9-7-24/h6-15,20,22-23,32-33,41H,16-19,21H2,1-5H3/t23-,32+,33-,35+/m1/s1. The minimum atomic E-state index is -2.28. The summed E-state index contributed by atoms with van der Waals surface area (Å²) in [4.78, 5) is 16.9. The van der Waals surface area contributed by atoms with Crippen molar-refractivity contribution in [1.82, 2.24) is 15.0 Å². The van der Waals surface area contributed by atoms with Crippen molar-refractivity contribution >= 4 is 47.4 Å². The van der Waals surface area contributed by atoms with E-state index in [-0.39, 0.29) is 30.1 Å². The van der Waals surface area contributed by atoms with E-state index in [0.717, 1.165) is 31.8 Å². The molecule has 0 unspecified atom stereocenters. The van der Waals surface area contributed by atoms with E-state index in [1.807, 2.05) is 46.1 Å². The number of benzene rings is 3. The quantitative estimate of drug-likeness (QED) is 0.164. The zero-order valence-corrected chi connectivity index (χ0v) is 30.1. The number of nitrogens with zero attached hydrogens (tertiary/aromatic N) is 4. The number of hydrogen-bond donors (Lipinski definition) is 1. The molecule has 46 heavy (non-hydrogen) atoms. The van der Waals surface area contributed by atoms with Gasteiger partial charge in [-0.15, -0.1) is 5.10 Å². The largest absolute Gasteiger partial charge is 0.497 e. The number of carbonyl (C=O) groups is 1. The van der Waals surface area contributed by atoms with Crippen molar-refractivity contribution in [1.29, 1.82) is 0 Å². The lowest BCUT2D eigenvalue weighted by Crippen LogP contribution is -2.51. The van der Waals surface area contributed by atoms with Crippen LogP contribution >= 0.6 is 22.6 Å². The Morgan fingerprint density at radius 1 is 1.02 bits per heavy atom. The van der Waals surface area contributed by atoms with Crippen LogP contribution in [0.2, 0.25) is 18.6 Å². The van der Waals surface area contributed by atoms with Crippen LogP contribution in [0.25, 0.3) is 0 Å². The first-order chi connectivity index (χ1) is 22.1. The Kier molecular flexibility index (Phi) is 9.30. The number of ether oxygens (including phenoxy) is 3. The first kappa shape index (κ1) is 32.7. The van der Waals surface area contributed by atoms with Gasteiger partial charge in [-0.3, -0.25) is 9.48 Å². The van der Waals surface area contributed by atoms with Gasteiger partial charge in [0.05, 0.1) is 46.3 Å². The molecule has 6 rings (SSSR count). The molecular formula is C35H41IN4O5Si. The number of aromatic nitrogens is 3. The zero-order valence-electron chi connectivity index (χ0n) is 26.9. The number of aliphatic hydroxyl groups excluding tert-OH is 1. The molecule has 2 aliphatic heterocycles. The summed E-state index contributed by atoms with van der Waals surface area (Å²) in [6.45, 7) is 8.03. The summed E-state index contributed by atoms with van der Waals surface area (Å²) < 4.78 is 21.4. The molecule has 4 atom stereocenters. The summed E-state index contributed by atoms with van der Waals surface area (Å²) >= 11 is 2.30. The molecule has 0 bridgehead atoms. The number of amides is 1. The second kappa shape index (κ2) is 13.1. The maximum Gasteiger partial charge on any atom is 0.264 e. The monoisotopic (exact) mass is 752 g/mol. The number of methoxy groups -OCH3 is 2. The summed E-state index contributed by atoms with van der Waals surface area (Å²) in [6.07, 6.45) is 2.79. The second-order valence-electron chi connectivity index (χ2n) is 12.8. The van der Waals surface area contributed by atoms with Crippen molar-refractivity contribution in [2.75, 3.05) is 25.7 Å². The van der Waals surface area contributed by atoms with Crippen LogP contribution in [-0.4, -0.2) is 61.0 Å². The molecule has 1 fully saturated rings. The number of rotatable bonds is 11. The Morgan fingerprint density at radius 2 is 1.72 bits per heavy atom. The van der Waals surface area contributed by atoms with E-state index >= 15 is 0 Å². The number of carbonyl (C=O) groups excluding carboxylic acids is 1. The van der Waals surface area contributed by atoms with Gasteiger partial charge >= 0.3 is 0 Å². The fourth-order valence-electron chi connectivity index (χ4n) is 7.56. The van der Waals surface area contributed by atoms with Gasteiger partial charge in [0, 0.05) is 40.8 Å². The maximum atomic E-state index is 15.0. The van der Waals surface area contributed by atoms with Gasteiger partial charge in [0.1, 0.15) is 11.5 Å². The van der Waals surface area contributed by atoms with Crippen LogP contribution in [0.1, 0.15) is 30.2 Å². The van der Waals surface area contributed by atoms with E-state index in [0.29, 0.717) is 31.7 Å². The van der Waals surface area contributed by atoms with Crippen molar-refractivity contribution in [3.05, 3.63) is 93.3 Å². The number of anilines is 1. The van der Waals surface area contributed by atoms with Crippen LogP contribution in [0.3, 0.4) is 0 Å².